The molecule has 15 heavy (non-hydrogen) atoms. The Morgan fingerprint density at radius 2 is 2.27 bits per heavy atom. The molecule has 0 bridgehead atoms. The van der Waals surface area contributed by atoms with Crippen LogP contribution in [-0.2, 0) is 0 Å². The lowest BCUT2D eigenvalue weighted by molar-refractivity contribution is 0.0953. The molecule has 0 atom stereocenters. The van der Waals surface area contributed by atoms with Gasteiger partial charge in [0.05, 0.1) is 0 Å². The van der Waals surface area contributed by atoms with Gasteiger partial charge in [-0.25, -0.2) is 0 Å². The Morgan fingerprint density at radius 1 is 1.53 bits per heavy atom. The van der Waals surface area contributed by atoms with E-state index in [4.69, 9.17) is 0 Å². The van der Waals surface area contributed by atoms with E-state index in [1.165, 1.54) is 0 Å². The summed E-state index contributed by atoms with van der Waals surface area (Å²) in [6.45, 7) is 2.69. The molecule has 82 valence electrons. The third kappa shape index (κ3) is 4.10. The van der Waals surface area contributed by atoms with E-state index in [0.29, 0.717) is 0 Å². The highest BCUT2D eigenvalue weighted by Crippen LogP contribution is 2.15. The van der Waals surface area contributed by atoms with Crippen molar-refractivity contribution in [3.05, 3.63) is 33.8 Å². The van der Waals surface area contributed by atoms with E-state index in [9.17, 15) is 4.79 Å². The van der Waals surface area contributed by atoms with Crippen LogP contribution in [0.1, 0.15) is 22.3 Å². The number of halogens is 2. The summed E-state index contributed by atoms with van der Waals surface area (Å²) in [5.74, 6) is 0.0184. The lowest BCUT2D eigenvalue weighted by Crippen LogP contribution is -2.25. The monoisotopic (exact) mass is 381 g/mol. The van der Waals surface area contributed by atoms with E-state index in [-0.39, 0.29) is 5.91 Å². The van der Waals surface area contributed by atoms with Gasteiger partial charge < -0.3 is 5.32 Å². The van der Waals surface area contributed by atoms with Gasteiger partial charge in [0.25, 0.3) is 5.91 Å². The van der Waals surface area contributed by atoms with Gasteiger partial charge in [-0.3, -0.25) is 4.79 Å². The number of nitrogens with one attached hydrogen (secondary N) is 1. The number of carbonyl (C=O) groups is 1. The first-order valence-electron chi connectivity index (χ1n) is 4.75. The van der Waals surface area contributed by atoms with E-state index in [0.717, 1.165) is 33.0 Å². The number of rotatable bonds is 4. The second-order valence-corrected chi connectivity index (χ2v) is 5.25. The molecule has 0 aromatic heterocycles. The molecular weight excluding hydrogens is 369 g/mol. The second-order valence-electron chi connectivity index (χ2n) is 3.26. The number of amides is 1. The summed E-state index contributed by atoms with van der Waals surface area (Å²) in [4.78, 5) is 11.7. The van der Waals surface area contributed by atoms with Gasteiger partial charge in [-0.15, -0.1) is 0 Å². The molecule has 0 radical (unpaired) electrons. The maximum atomic E-state index is 11.7. The molecule has 0 aliphatic carbocycles. The lowest BCUT2D eigenvalue weighted by atomic mass is 10.1. The number of hydrogen-bond acceptors (Lipinski definition) is 1. The first-order valence-corrected chi connectivity index (χ1v) is 7.07. The zero-order chi connectivity index (χ0) is 11.3. The van der Waals surface area contributed by atoms with Crippen LogP contribution in [0, 0.1) is 6.92 Å². The maximum absolute atomic E-state index is 11.7. The molecule has 1 amide bonds. The van der Waals surface area contributed by atoms with Crippen molar-refractivity contribution in [2.45, 2.75) is 13.3 Å². The van der Waals surface area contributed by atoms with Gasteiger partial charge in [0.2, 0.25) is 0 Å². The van der Waals surface area contributed by atoms with E-state index < -0.39 is 0 Å². The molecule has 0 fully saturated rings. The van der Waals surface area contributed by atoms with Crippen LogP contribution in [0.5, 0.6) is 0 Å². The molecule has 1 rings (SSSR count). The normalized spacial score (nSPS) is 10.1. The molecule has 0 heterocycles. The Balaban J connectivity index is 2.65. The minimum Gasteiger partial charge on any atom is -0.352 e. The number of benzene rings is 1. The van der Waals surface area contributed by atoms with Crippen LogP contribution in [-0.4, -0.2) is 16.9 Å². The molecule has 0 saturated carbocycles. The summed E-state index contributed by atoms with van der Waals surface area (Å²) in [6, 6.07) is 5.69. The van der Waals surface area contributed by atoms with Gasteiger partial charge >= 0.3 is 0 Å². The van der Waals surface area contributed by atoms with Crippen LogP contribution < -0.4 is 5.32 Å². The fourth-order valence-corrected chi connectivity index (χ4v) is 2.10. The van der Waals surface area contributed by atoms with E-state index in [2.05, 4.69) is 43.8 Å². The fourth-order valence-electron chi connectivity index (χ4n) is 1.25. The Bertz CT molecular complexity index is 354. The molecule has 1 aromatic rings. The largest absolute Gasteiger partial charge is 0.352 e. The Morgan fingerprint density at radius 3 is 2.87 bits per heavy atom. The first-order chi connectivity index (χ1) is 7.15. The van der Waals surface area contributed by atoms with Crippen molar-refractivity contribution in [1.82, 2.24) is 5.32 Å². The van der Waals surface area contributed by atoms with Gasteiger partial charge in [0.1, 0.15) is 0 Å². The van der Waals surface area contributed by atoms with E-state index in [1.807, 2.05) is 25.1 Å². The van der Waals surface area contributed by atoms with Crippen LogP contribution in [0.3, 0.4) is 0 Å². The Kier molecular flexibility index (Phi) is 5.60. The summed E-state index contributed by atoms with van der Waals surface area (Å²) in [5.41, 5.74) is 1.75. The van der Waals surface area contributed by atoms with Gasteiger partial charge in [-0.05, 0) is 37.1 Å². The van der Waals surface area contributed by atoms with Gasteiger partial charge in [0.15, 0.2) is 0 Å². The zero-order valence-electron chi connectivity index (χ0n) is 8.52. The summed E-state index contributed by atoms with van der Waals surface area (Å²) in [7, 11) is 0. The fraction of sp³-hybridized carbons (Fsp3) is 0.364. The van der Waals surface area contributed by atoms with Crippen molar-refractivity contribution in [2.24, 2.45) is 0 Å². The molecule has 0 saturated heterocycles. The van der Waals surface area contributed by atoms with Crippen LogP contribution in [0.2, 0.25) is 0 Å². The van der Waals surface area contributed by atoms with E-state index in [1.54, 1.807) is 0 Å². The van der Waals surface area contributed by atoms with Crippen molar-refractivity contribution in [1.29, 1.82) is 0 Å². The van der Waals surface area contributed by atoms with Gasteiger partial charge in [-0.2, -0.15) is 0 Å². The molecule has 0 spiro atoms. The van der Waals surface area contributed by atoms with Crippen LogP contribution in [0.4, 0.5) is 0 Å². The van der Waals surface area contributed by atoms with Crippen molar-refractivity contribution in [2.75, 3.05) is 11.0 Å². The molecule has 4 heteroatoms. The van der Waals surface area contributed by atoms with Crippen LogP contribution in [0.15, 0.2) is 22.7 Å². The minimum absolute atomic E-state index is 0.0184. The topological polar surface area (TPSA) is 29.1 Å². The predicted molar refractivity (Wildman–Crippen MR) is 74.7 cm³/mol. The van der Waals surface area contributed by atoms with Crippen LogP contribution in [0.25, 0.3) is 0 Å². The zero-order valence-corrected chi connectivity index (χ0v) is 12.3. The van der Waals surface area contributed by atoms with Crippen molar-refractivity contribution < 1.29 is 4.79 Å². The van der Waals surface area contributed by atoms with Crippen LogP contribution >= 0.6 is 38.5 Å². The molecule has 2 nitrogen and oxygen atoms in total. The summed E-state index contributed by atoms with van der Waals surface area (Å²) >= 11 is 5.68. The molecule has 0 aliphatic heterocycles. The smallest absolute Gasteiger partial charge is 0.251 e. The number of aryl methyl sites for hydroxylation is 1. The van der Waals surface area contributed by atoms with Gasteiger partial charge in [0, 0.05) is 21.0 Å². The maximum Gasteiger partial charge on any atom is 0.251 e. The quantitative estimate of drug-likeness (QED) is 0.484. The standard InChI is InChI=1S/C11H13BrINO/c1-8-7-9(12)3-4-10(8)11(15)14-6-2-5-13/h3-4,7H,2,5-6H2,1H3,(H,14,15). The third-order valence-electron chi connectivity index (χ3n) is 2.03. The summed E-state index contributed by atoms with van der Waals surface area (Å²) in [6.07, 6.45) is 1.02. The summed E-state index contributed by atoms with van der Waals surface area (Å²) in [5, 5.41) is 2.90. The highest BCUT2D eigenvalue weighted by atomic mass is 127. The van der Waals surface area contributed by atoms with Crippen molar-refractivity contribution in [3.63, 3.8) is 0 Å². The first kappa shape index (κ1) is 13.0. The Hall–Kier alpha value is -0.100. The molecular formula is C11H13BrINO. The number of carbonyl (C=O) groups excluding carboxylic acids is 1. The number of hydrogen-bond donors (Lipinski definition) is 1. The van der Waals surface area contributed by atoms with Crippen molar-refractivity contribution in [3.8, 4) is 0 Å². The summed E-state index contributed by atoms with van der Waals surface area (Å²) < 4.78 is 2.07. The Labute approximate surface area is 112 Å². The average Bonchev–Trinajstić information content (AvgIpc) is 2.17. The average molecular weight is 382 g/mol. The third-order valence-corrected chi connectivity index (χ3v) is 3.29. The number of alkyl halides is 1. The predicted octanol–water partition coefficient (Wildman–Crippen LogP) is 3.31. The van der Waals surface area contributed by atoms with Crippen molar-refractivity contribution >= 4 is 44.4 Å². The lowest BCUT2D eigenvalue weighted by Gasteiger charge is -2.07. The molecule has 0 aliphatic rings. The van der Waals surface area contributed by atoms with Gasteiger partial charge in [-0.1, -0.05) is 38.5 Å². The second kappa shape index (κ2) is 6.48. The molecule has 1 N–H and O–H groups in total. The molecule has 0 unspecified atom stereocenters. The van der Waals surface area contributed by atoms with E-state index >= 15 is 0 Å². The molecule has 1 aromatic carbocycles. The highest BCUT2D eigenvalue weighted by Gasteiger charge is 2.07. The highest BCUT2D eigenvalue weighted by molar-refractivity contribution is 14.1. The minimum atomic E-state index is 0.0184. The SMILES string of the molecule is Cc1cc(Br)ccc1C(=O)NCCCI.